The van der Waals surface area contributed by atoms with Gasteiger partial charge in [-0.05, 0) is 24.3 Å². The average Bonchev–Trinajstić information content (AvgIpc) is 2.17. The van der Waals surface area contributed by atoms with E-state index >= 15 is 0 Å². The number of benzene rings is 1. The maximum atomic E-state index is 11.6. The van der Waals surface area contributed by atoms with Crippen LogP contribution in [0, 0.1) is 0 Å². The predicted octanol–water partition coefficient (Wildman–Crippen LogP) is 1.75. The van der Waals surface area contributed by atoms with Crippen molar-refractivity contribution >= 4 is 32.0 Å². The van der Waals surface area contributed by atoms with E-state index in [1.807, 2.05) is 0 Å². The van der Waals surface area contributed by atoms with Crippen LogP contribution in [0.2, 0.25) is 0 Å². The summed E-state index contributed by atoms with van der Waals surface area (Å²) < 4.78 is 24.2. The molecule has 0 aliphatic rings. The van der Waals surface area contributed by atoms with E-state index in [9.17, 15) is 13.2 Å². The Bertz CT molecular complexity index is 468. The van der Waals surface area contributed by atoms with Gasteiger partial charge in [0, 0.05) is 11.5 Å². The molecule has 0 radical (unpaired) electrons. The quantitative estimate of drug-likeness (QED) is 0.901. The number of carbonyl (C=O) groups is 1. The van der Waals surface area contributed by atoms with Gasteiger partial charge in [-0.3, -0.25) is 0 Å². The second-order valence-electron chi connectivity index (χ2n) is 2.71. The first-order chi connectivity index (χ1) is 6.85. The van der Waals surface area contributed by atoms with Gasteiger partial charge < -0.3 is 5.11 Å². The SMILES string of the molecule is CN(C(=O)O)S(=O)(=O)c1ccc(Br)cc1. The van der Waals surface area contributed by atoms with Crippen LogP contribution >= 0.6 is 15.9 Å². The largest absolute Gasteiger partial charge is 0.464 e. The van der Waals surface area contributed by atoms with Crippen molar-refractivity contribution in [3.05, 3.63) is 28.7 Å². The summed E-state index contributed by atoms with van der Waals surface area (Å²) in [6, 6.07) is 5.73. The first-order valence-electron chi connectivity index (χ1n) is 3.83. The lowest BCUT2D eigenvalue weighted by Crippen LogP contribution is -2.31. The Labute approximate surface area is 95.5 Å². The summed E-state index contributed by atoms with van der Waals surface area (Å²) in [5.41, 5.74) is 0. The fourth-order valence-corrected chi connectivity index (χ4v) is 2.13. The number of nitrogens with zero attached hydrogens (tertiary/aromatic N) is 1. The highest BCUT2D eigenvalue weighted by Gasteiger charge is 2.24. The highest BCUT2D eigenvalue weighted by Crippen LogP contribution is 2.17. The minimum atomic E-state index is -3.94. The molecule has 15 heavy (non-hydrogen) atoms. The molecule has 0 saturated heterocycles. The predicted molar refractivity (Wildman–Crippen MR) is 57.1 cm³/mol. The van der Waals surface area contributed by atoms with E-state index in [2.05, 4.69) is 15.9 Å². The van der Waals surface area contributed by atoms with Gasteiger partial charge in [-0.1, -0.05) is 15.9 Å². The van der Waals surface area contributed by atoms with Crippen LogP contribution in [0.15, 0.2) is 33.6 Å². The third-order valence-corrected chi connectivity index (χ3v) is 4.02. The van der Waals surface area contributed by atoms with E-state index in [1.54, 1.807) is 0 Å². The molecule has 0 aromatic heterocycles. The lowest BCUT2D eigenvalue weighted by molar-refractivity contribution is 0.178. The lowest BCUT2D eigenvalue weighted by Gasteiger charge is -2.13. The zero-order valence-electron chi connectivity index (χ0n) is 7.71. The van der Waals surface area contributed by atoms with Crippen molar-refractivity contribution in [3.8, 4) is 0 Å². The molecule has 0 aliphatic heterocycles. The van der Waals surface area contributed by atoms with Crippen LogP contribution in [0.1, 0.15) is 0 Å². The molecule has 0 aliphatic carbocycles. The average molecular weight is 294 g/mol. The monoisotopic (exact) mass is 293 g/mol. The van der Waals surface area contributed by atoms with Crippen molar-refractivity contribution in [2.45, 2.75) is 4.90 Å². The third-order valence-electron chi connectivity index (χ3n) is 1.74. The summed E-state index contributed by atoms with van der Waals surface area (Å²) in [7, 11) is -2.96. The summed E-state index contributed by atoms with van der Waals surface area (Å²) in [5, 5.41) is 8.57. The highest BCUT2D eigenvalue weighted by atomic mass is 79.9. The van der Waals surface area contributed by atoms with Gasteiger partial charge >= 0.3 is 6.09 Å². The molecule has 0 saturated carbocycles. The Morgan fingerprint density at radius 3 is 2.20 bits per heavy atom. The molecular weight excluding hydrogens is 286 g/mol. The van der Waals surface area contributed by atoms with E-state index in [1.165, 1.54) is 24.3 Å². The van der Waals surface area contributed by atoms with Gasteiger partial charge in [0.05, 0.1) is 4.90 Å². The molecule has 5 nitrogen and oxygen atoms in total. The van der Waals surface area contributed by atoms with Crippen molar-refractivity contribution in [1.29, 1.82) is 0 Å². The summed E-state index contributed by atoms with van der Waals surface area (Å²) in [5.74, 6) is 0. The molecule has 1 aromatic rings. The van der Waals surface area contributed by atoms with Crippen molar-refractivity contribution in [3.63, 3.8) is 0 Å². The third kappa shape index (κ3) is 2.48. The summed E-state index contributed by atoms with van der Waals surface area (Å²) in [6.45, 7) is 0. The van der Waals surface area contributed by atoms with Crippen LogP contribution in [-0.4, -0.2) is 31.0 Å². The minimum absolute atomic E-state index is 0.0596. The normalized spacial score (nSPS) is 11.1. The smallest absolute Gasteiger partial charge is 0.421 e. The Hall–Kier alpha value is -1.08. The van der Waals surface area contributed by atoms with Crippen molar-refractivity contribution in [2.24, 2.45) is 0 Å². The number of carboxylic acid groups (broad SMARTS) is 1. The fraction of sp³-hybridized carbons (Fsp3) is 0.125. The zero-order chi connectivity index (χ0) is 11.6. The number of hydrogen-bond acceptors (Lipinski definition) is 3. The molecular formula is C8H8BrNO4S. The molecule has 0 heterocycles. The van der Waals surface area contributed by atoms with Gasteiger partial charge in [-0.2, -0.15) is 0 Å². The van der Waals surface area contributed by atoms with Gasteiger partial charge in [0.15, 0.2) is 0 Å². The van der Waals surface area contributed by atoms with Crippen LogP contribution in [-0.2, 0) is 10.0 Å². The molecule has 0 bridgehead atoms. The Morgan fingerprint density at radius 2 is 1.80 bits per heavy atom. The van der Waals surface area contributed by atoms with E-state index in [0.717, 1.165) is 11.5 Å². The standard InChI is InChI=1S/C8H8BrNO4S/c1-10(8(11)12)15(13,14)7-4-2-6(9)3-5-7/h2-5H,1H3,(H,11,12). The summed E-state index contributed by atoms with van der Waals surface area (Å²) >= 11 is 3.15. The van der Waals surface area contributed by atoms with Crippen LogP contribution < -0.4 is 0 Å². The van der Waals surface area contributed by atoms with Crippen LogP contribution in [0.3, 0.4) is 0 Å². The van der Waals surface area contributed by atoms with Gasteiger partial charge in [-0.15, -0.1) is 0 Å². The second-order valence-corrected chi connectivity index (χ2v) is 5.59. The first-order valence-corrected chi connectivity index (χ1v) is 6.06. The van der Waals surface area contributed by atoms with Crippen LogP contribution in [0.4, 0.5) is 4.79 Å². The molecule has 0 fully saturated rings. The van der Waals surface area contributed by atoms with Gasteiger partial charge in [0.25, 0.3) is 10.0 Å². The summed E-state index contributed by atoms with van der Waals surface area (Å²) in [6.07, 6.45) is -1.52. The molecule has 1 amide bonds. The topological polar surface area (TPSA) is 74.7 Å². The number of rotatable bonds is 2. The highest BCUT2D eigenvalue weighted by molar-refractivity contribution is 9.10. The number of hydrogen-bond donors (Lipinski definition) is 1. The van der Waals surface area contributed by atoms with Crippen molar-refractivity contribution < 1.29 is 18.3 Å². The molecule has 1 N–H and O–H groups in total. The van der Waals surface area contributed by atoms with E-state index < -0.39 is 16.1 Å². The van der Waals surface area contributed by atoms with Gasteiger partial charge in [0.1, 0.15) is 0 Å². The number of halogens is 1. The second kappa shape index (κ2) is 4.19. The van der Waals surface area contributed by atoms with E-state index in [0.29, 0.717) is 0 Å². The zero-order valence-corrected chi connectivity index (χ0v) is 10.1. The lowest BCUT2D eigenvalue weighted by atomic mass is 10.4. The van der Waals surface area contributed by atoms with Crippen molar-refractivity contribution in [2.75, 3.05) is 7.05 Å². The fourth-order valence-electron chi connectivity index (χ4n) is 0.867. The molecule has 82 valence electrons. The maximum Gasteiger partial charge on any atom is 0.421 e. The summed E-state index contributed by atoms with van der Waals surface area (Å²) in [4.78, 5) is 10.5. The Balaban J connectivity index is 3.17. The van der Waals surface area contributed by atoms with Crippen LogP contribution in [0.5, 0.6) is 0 Å². The van der Waals surface area contributed by atoms with Gasteiger partial charge in [0.2, 0.25) is 0 Å². The molecule has 7 heteroatoms. The number of amides is 1. The van der Waals surface area contributed by atoms with Gasteiger partial charge in [-0.25, -0.2) is 17.5 Å². The van der Waals surface area contributed by atoms with E-state index in [4.69, 9.17) is 5.11 Å². The minimum Gasteiger partial charge on any atom is -0.464 e. The number of sulfonamides is 1. The Morgan fingerprint density at radius 1 is 1.33 bits per heavy atom. The molecule has 1 aromatic carbocycles. The molecule has 1 rings (SSSR count). The van der Waals surface area contributed by atoms with Crippen LogP contribution in [0.25, 0.3) is 0 Å². The van der Waals surface area contributed by atoms with E-state index in [-0.39, 0.29) is 9.20 Å². The Kier molecular flexibility index (Phi) is 3.35. The molecule has 0 unspecified atom stereocenters. The maximum absolute atomic E-state index is 11.6. The first kappa shape index (κ1) is 12.0. The molecule has 0 spiro atoms. The van der Waals surface area contributed by atoms with Crippen molar-refractivity contribution in [1.82, 2.24) is 4.31 Å². The molecule has 0 atom stereocenters.